The monoisotopic (exact) mass is 366 g/mol. The van der Waals surface area contributed by atoms with Gasteiger partial charge in [0.15, 0.2) is 11.5 Å². The van der Waals surface area contributed by atoms with Crippen LogP contribution in [0.1, 0.15) is 25.0 Å². The van der Waals surface area contributed by atoms with E-state index in [9.17, 15) is 0 Å². The highest BCUT2D eigenvalue weighted by Crippen LogP contribution is 2.43. The molecule has 1 aliphatic heterocycles. The van der Waals surface area contributed by atoms with Gasteiger partial charge in [0.05, 0.1) is 0 Å². The van der Waals surface area contributed by atoms with E-state index >= 15 is 0 Å². The number of benzene rings is 2. The molecule has 0 aliphatic carbocycles. The van der Waals surface area contributed by atoms with Gasteiger partial charge in [-0.15, -0.1) is 0 Å². The van der Waals surface area contributed by atoms with Crippen LogP contribution in [0.25, 0.3) is 0 Å². The maximum absolute atomic E-state index is 6.22. The van der Waals surface area contributed by atoms with Crippen LogP contribution in [-0.4, -0.2) is 5.60 Å². The van der Waals surface area contributed by atoms with E-state index in [0.717, 1.165) is 28.8 Å². The molecule has 2 aromatic rings. The Bertz CT molecular complexity index is 682. The standard InChI is InChI=1S/C17H16BrClO2/c1-17(2)9-11-4-3-5-15(16(11)21-17)20-13-7-6-12(10-18)14(19)8-13/h3-8H,9-10H2,1-2H3. The molecule has 0 unspecified atom stereocenters. The highest BCUT2D eigenvalue weighted by molar-refractivity contribution is 9.08. The fraction of sp³-hybridized carbons (Fsp3) is 0.294. The number of alkyl halides is 1. The molecule has 2 aromatic carbocycles. The van der Waals surface area contributed by atoms with E-state index in [4.69, 9.17) is 21.1 Å². The van der Waals surface area contributed by atoms with E-state index in [1.54, 1.807) is 0 Å². The Morgan fingerprint density at radius 2 is 2.10 bits per heavy atom. The molecule has 1 heterocycles. The molecule has 21 heavy (non-hydrogen) atoms. The minimum absolute atomic E-state index is 0.181. The Morgan fingerprint density at radius 3 is 2.81 bits per heavy atom. The highest BCUT2D eigenvalue weighted by atomic mass is 79.9. The van der Waals surface area contributed by atoms with Crippen molar-refractivity contribution in [2.45, 2.75) is 31.2 Å². The third-order valence-electron chi connectivity index (χ3n) is 3.45. The summed E-state index contributed by atoms with van der Waals surface area (Å²) in [6.07, 6.45) is 0.892. The van der Waals surface area contributed by atoms with Crippen molar-refractivity contribution < 1.29 is 9.47 Å². The van der Waals surface area contributed by atoms with Gasteiger partial charge in [0.25, 0.3) is 0 Å². The molecule has 1 aliphatic rings. The predicted octanol–water partition coefficient (Wildman–Crippen LogP) is 5.74. The van der Waals surface area contributed by atoms with E-state index in [2.05, 4.69) is 35.8 Å². The summed E-state index contributed by atoms with van der Waals surface area (Å²) in [5.74, 6) is 2.29. The number of hydrogen-bond acceptors (Lipinski definition) is 2. The topological polar surface area (TPSA) is 18.5 Å². The molecule has 0 amide bonds. The van der Waals surface area contributed by atoms with Crippen molar-refractivity contribution in [1.29, 1.82) is 0 Å². The first-order valence-corrected chi connectivity index (χ1v) is 8.31. The summed E-state index contributed by atoms with van der Waals surface area (Å²) < 4.78 is 12.0. The van der Waals surface area contributed by atoms with Gasteiger partial charge in [-0.2, -0.15) is 0 Å². The molecule has 3 rings (SSSR count). The minimum atomic E-state index is -0.181. The lowest BCUT2D eigenvalue weighted by atomic mass is 10.0. The van der Waals surface area contributed by atoms with Crippen molar-refractivity contribution in [3.63, 3.8) is 0 Å². The maximum atomic E-state index is 6.22. The summed E-state index contributed by atoms with van der Waals surface area (Å²) in [5, 5.41) is 1.42. The van der Waals surface area contributed by atoms with Crippen LogP contribution in [0.3, 0.4) is 0 Å². The Morgan fingerprint density at radius 1 is 1.29 bits per heavy atom. The number of ether oxygens (including phenoxy) is 2. The number of rotatable bonds is 3. The quantitative estimate of drug-likeness (QED) is 0.644. The van der Waals surface area contributed by atoms with Crippen LogP contribution in [0.4, 0.5) is 0 Å². The third kappa shape index (κ3) is 3.04. The molecule has 110 valence electrons. The zero-order chi connectivity index (χ0) is 15.0. The molecule has 0 fully saturated rings. The summed E-state index contributed by atoms with van der Waals surface area (Å²) in [7, 11) is 0. The molecule has 0 atom stereocenters. The van der Waals surface area contributed by atoms with Crippen LogP contribution < -0.4 is 9.47 Å². The van der Waals surface area contributed by atoms with Gasteiger partial charge in [-0.25, -0.2) is 0 Å². The third-order valence-corrected chi connectivity index (χ3v) is 4.41. The van der Waals surface area contributed by atoms with E-state index in [1.807, 2.05) is 30.3 Å². The Hall–Kier alpha value is -1.19. The van der Waals surface area contributed by atoms with Gasteiger partial charge in [-0.05, 0) is 37.6 Å². The van der Waals surface area contributed by atoms with Crippen molar-refractivity contribution in [1.82, 2.24) is 0 Å². The lowest BCUT2D eigenvalue weighted by molar-refractivity contribution is 0.135. The lowest BCUT2D eigenvalue weighted by Gasteiger charge is -2.18. The second-order valence-electron chi connectivity index (χ2n) is 5.77. The van der Waals surface area contributed by atoms with E-state index in [-0.39, 0.29) is 5.60 Å². The lowest BCUT2D eigenvalue weighted by Crippen LogP contribution is -2.24. The number of halogens is 2. The fourth-order valence-corrected chi connectivity index (χ4v) is 3.38. The molecule has 0 spiro atoms. The summed E-state index contributed by atoms with van der Waals surface area (Å²) in [5.41, 5.74) is 2.04. The predicted molar refractivity (Wildman–Crippen MR) is 89.0 cm³/mol. The second-order valence-corrected chi connectivity index (χ2v) is 6.74. The largest absolute Gasteiger partial charge is 0.483 e. The van der Waals surface area contributed by atoms with Gasteiger partial charge in [0.1, 0.15) is 11.4 Å². The molecule has 0 radical (unpaired) electrons. The highest BCUT2D eigenvalue weighted by Gasteiger charge is 2.32. The van der Waals surface area contributed by atoms with E-state index in [1.165, 1.54) is 5.56 Å². The molecule has 0 aromatic heterocycles. The van der Waals surface area contributed by atoms with Crippen LogP contribution in [0, 0.1) is 0 Å². The molecule has 0 N–H and O–H groups in total. The Balaban J connectivity index is 1.90. The van der Waals surface area contributed by atoms with Crippen molar-refractivity contribution in [2.75, 3.05) is 0 Å². The Kier molecular flexibility index (Phi) is 3.89. The number of fused-ring (bicyclic) bond motifs is 1. The maximum Gasteiger partial charge on any atom is 0.169 e. The number of para-hydroxylation sites is 1. The van der Waals surface area contributed by atoms with Crippen molar-refractivity contribution in [2.24, 2.45) is 0 Å². The summed E-state index contributed by atoms with van der Waals surface area (Å²) >= 11 is 9.62. The number of hydrogen-bond donors (Lipinski definition) is 0. The van der Waals surface area contributed by atoms with Crippen LogP contribution in [0.15, 0.2) is 36.4 Å². The molecule has 0 saturated heterocycles. The van der Waals surface area contributed by atoms with Gasteiger partial charge < -0.3 is 9.47 Å². The second kappa shape index (κ2) is 5.54. The first-order valence-electron chi connectivity index (χ1n) is 6.82. The summed E-state index contributed by atoms with van der Waals surface area (Å²) in [4.78, 5) is 0. The van der Waals surface area contributed by atoms with Crippen LogP contribution in [0.5, 0.6) is 17.2 Å². The minimum Gasteiger partial charge on any atom is -0.483 e. The van der Waals surface area contributed by atoms with Crippen LogP contribution >= 0.6 is 27.5 Å². The summed E-state index contributed by atoms with van der Waals surface area (Å²) in [6.45, 7) is 4.16. The van der Waals surface area contributed by atoms with Gasteiger partial charge in [0, 0.05) is 22.3 Å². The molecular formula is C17H16BrClO2. The van der Waals surface area contributed by atoms with Gasteiger partial charge in [0.2, 0.25) is 0 Å². The molecule has 0 saturated carbocycles. The first-order chi connectivity index (χ1) is 9.98. The molecular weight excluding hydrogens is 352 g/mol. The zero-order valence-corrected chi connectivity index (χ0v) is 14.3. The first kappa shape index (κ1) is 14.7. The molecule has 0 bridgehead atoms. The SMILES string of the molecule is CC1(C)Cc2cccc(Oc3ccc(CBr)c(Cl)c3)c2O1. The zero-order valence-electron chi connectivity index (χ0n) is 12.0. The van der Waals surface area contributed by atoms with Gasteiger partial charge in [-0.1, -0.05) is 45.7 Å². The molecule has 2 nitrogen and oxygen atoms in total. The van der Waals surface area contributed by atoms with Crippen molar-refractivity contribution in [3.05, 3.63) is 52.5 Å². The van der Waals surface area contributed by atoms with Crippen LogP contribution in [0.2, 0.25) is 5.02 Å². The average Bonchev–Trinajstić information content (AvgIpc) is 2.74. The Labute approximate surface area is 138 Å². The normalized spacial score (nSPS) is 15.4. The van der Waals surface area contributed by atoms with Crippen LogP contribution in [-0.2, 0) is 11.8 Å². The summed E-state index contributed by atoms with van der Waals surface area (Å²) in [6, 6.07) is 11.7. The van der Waals surface area contributed by atoms with Gasteiger partial charge >= 0.3 is 0 Å². The average molecular weight is 368 g/mol. The fourth-order valence-electron chi connectivity index (χ4n) is 2.49. The van der Waals surface area contributed by atoms with E-state index in [0.29, 0.717) is 10.8 Å². The smallest absolute Gasteiger partial charge is 0.169 e. The van der Waals surface area contributed by atoms with Crippen molar-refractivity contribution in [3.8, 4) is 17.2 Å². The van der Waals surface area contributed by atoms with Crippen molar-refractivity contribution >= 4 is 27.5 Å². The molecule has 4 heteroatoms. The van der Waals surface area contributed by atoms with E-state index < -0.39 is 0 Å². The van der Waals surface area contributed by atoms with Gasteiger partial charge in [-0.3, -0.25) is 0 Å².